The molecular formula is C13H14Br2N2S. The molecule has 3 N–H and O–H groups in total. The Morgan fingerprint density at radius 3 is 2.61 bits per heavy atom. The van der Waals surface area contributed by atoms with E-state index in [1.54, 1.807) is 11.3 Å². The van der Waals surface area contributed by atoms with Crippen LogP contribution in [0.25, 0.3) is 0 Å². The third-order valence-electron chi connectivity index (χ3n) is 2.87. The molecule has 1 heterocycles. The fraction of sp³-hybridized carbons (Fsp3) is 0.231. The largest absolute Gasteiger partial charge is 0.271 e. The van der Waals surface area contributed by atoms with Crippen LogP contribution in [0.5, 0.6) is 0 Å². The zero-order valence-electron chi connectivity index (χ0n) is 9.91. The Balaban J connectivity index is 2.23. The van der Waals surface area contributed by atoms with Crippen LogP contribution < -0.4 is 11.3 Å². The van der Waals surface area contributed by atoms with Crippen molar-refractivity contribution in [2.75, 3.05) is 0 Å². The SMILES string of the molecule is Cc1cc(C(Cc2sccc2Br)NN)ccc1Br. The van der Waals surface area contributed by atoms with Crippen LogP contribution in [-0.2, 0) is 6.42 Å². The molecule has 0 aliphatic rings. The van der Waals surface area contributed by atoms with Gasteiger partial charge in [-0.2, -0.15) is 0 Å². The summed E-state index contributed by atoms with van der Waals surface area (Å²) < 4.78 is 2.28. The summed E-state index contributed by atoms with van der Waals surface area (Å²) in [4.78, 5) is 1.30. The molecule has 96 valence electrons. The summed E-state index contributed by atoms with van der Waals surface area (Å²) in [5.74, 6) is 5.69. The zero-order chi connectivity index (χ0) is 13.1. The second-order valence-corrected chi connectivity index (χ2v) is 6.83. The Labute approximate surface area is 128 Å². The van der Waals surface area contributed by atoms with Crippen molar-refractivity contribution in [2.24, 2.45) is 5.84 Å². The lowest BCUT2D eigenvalue weighted by atomic mass is 10.0. The fourth-order valence-electron chi connectivity index (χ4n) is 1.81. The Bertz CT molecular complexity index is 540. The second-order valence-electron chi connectivity index (χ2n) is 4.12. The van der Waals surface area contributed by atoms with Crippen molar-refractivity contribution in [3.05, 3.63) is 54.6 Å². The van der Waals surface area contributed by atoms with Gasteiger partial charge in [0.15, 0.2) is 0 Å². The molecule has 1 unspecified atom stereocenters. The number of hydrazine groups is 1. The fourth-order valence-corrected chi connectivity index (χ4v) is 3.62. The first-order chi connectivity index (χ1) is 8.61. The maximum absolute atomic E-state index is 5.69. The molecule has 2 aromatic rings. The summed E-state index contributed by atoms with van der Waals surface area (Å²) in [7, 11) is 0. The highest BCUT2D eigenvalue weighted by atomic mass is 79.9. The minimum absolute atomic E-state index is 0.131. The molecule has 2 rings (SSSR count). The van der Waals surface area contributed by atoms with E-state index in [1.807, 2.05) is 0 Å². The maximum Gasteiger partial charge on any atom is 0.0508 e. The highest BCUT2D eigenvalue weighted by molar-refractivity contribution is 9.10. The van der Waals surface area contributed by atoms with Crippen LogP contribution in [0.2, 0.25) is 0 Å². The summed E-state index contributed by atoms with van der Waals surface area (Å²) in [5, 5.41) is 2.08. The lowest BCUT2D eigenvalue weighted by Gasteiger charge is -2.17. The van der Waals surface area contributed by atoms with Gasteiger partial charge in [-0.05, 0) is 51.5 Å². The number of hydrogen-bond donors (Lipinski definition) is 2. The average molecular weight is 390 g/mol. The van der Waals surface area contributed by atoms with Crippen LogP contribution in [0.3, 0.4) is 0 Å². The number of nitrogens with two attached hydrogens (primary N) is 1. The molecule has 0 saturated heterocycles. The van der Waals surface area contributed by atoms with E-state index in [1.165, 1.54) is 16.0 Å². The first kappa shape index (κ1) is 14.2. The molecule has 0 amide bonds. The quantitative estimate of drug-likeness (QED) is 0.603. The van der Waals surface area contributed by atoms with Gasteiger partial charge >= 0.3 is 0 Å². The molecule has 0 fully saturated rings. The van der Waals surface area contributed by atoms with Crippen LogP contribution in [-0.4, -0.2) is 0 Å². The standard InChI is InChI=1S/C13H14Br2N2S/c1-8-6-9(2-3-10(8)14)12(17-16)7-13-11(15)4-5-18-13/h2-6,12,17H,7,16H2,1H3. The highest BCUT2D eigenvalue weighted by Crippen LogP contribution is 2.29. The minimum Gasteiger partial charge on any atom is -0.271 e. The monoisotopic (exact) mass is 388 g/mol. The normalized spacial score (nSPS) is 12.7. The zero-order valence-corrected chi connectivity index (χ0v) is 13.9. The number of nitrogens with one attached hydrogen (secondary N) is 1. The maximum atomic E-state index is 5.69. The van der Waals surface area contributed by atoms with Gasteiger partial charge in [-0.25, -0.2) is 0 Å². The van der Waals surface area contributed by atoms with Crippen molar-refractivity contribution in [3.8, 4) is 0 Å². The molecule has 0 saturated carbocycles. The van der Waals surface area contributed by atoms with Gasteiger partial charge in [-0.15, -0.1) is 11.3 Å². The molecule has 1 aromatic carbocycles. The van der Waals surface area contributed by atoms with E-state index in [-0.39, 0.29) is 6.04 Å². The van der Waals surface area contributed by atoms with Gasteiger partial charge in [0.05, 0.1) is 6.04 Å². The molecule has 0 radical (unpaired) electrons. The highest BCUT2D eigenvalue weighted by Gasteiger charge is 2.14. The number of benzene rings is 1. The molecule has 2 nitrogen and oxygen atoms in total. The van der Waals surface area contributed by atoms with Gasteiger partial charge in [0.1, 0.15) is 0 Å². The molecule has 0 spiro atoms. The third-order valence-corrected chi connectivity index (χ3v) is 5.70. The summed E-state index contributed by atoms with van der Waals surface area (Å²) in [6.45, 7) is 2.09. The lowest BCUT2D eigenvalue weighted by Crippen LogP contribution is -2.29. The molecule has 18 heavy (non-hydrogen) atoms. The Kier molecular flexibility index (Phi) is 4.98. The third kappa shape index (κ3) is 3.22. The van der Waals surface area contributed by atoms with Gasteiger partial charge in [-0.3, -0.25) is 11.3 Å². The van der Waals surface area contributed by atoms with E-state index < -0.39 is 0 Å². The summed E-state index contributed by atoms with van der Waals surface area (Å²) in [5.41, 5.74) is 5.33. The van der Waals surface area contributed by atoms with Crippen molar-refractivity contribution >= 4 is 43.2 Å². The van der Waals surface area contributed by atoms with Crippen molar-refractivity contribution in [1.29, 1.82) is 0 Å². The molecule has 5 heteroatoms. The molecule has 0 aliphatic heterocycles. The van der Waals surface area contributed by atoms with Crippen molar-refractivity contribution in [2.45, 2.75) is 19.4 Å². The predicted molar refractivity (Wildman–Crippen MR) is 84.7 cm³/mol. The van der Waals surface area contributed by atoms with Gasteiger partial charge < -0.3 is 0 Å². The lowest BCUT2D eigenvalue weighted by molar-refractivity contribution is 0.554. The summed E-state index contributed by atoms with van der Waals surface area (Å²) in [6, 6.07) is 8.53. The molecule has 0 aliphatic carbocycles. The van der Waals surface area contributed by atoms with E-state index in [0.717, 1.165) is 15.4 Å². The predicted octanol–water partition coefficient (Wildman–Crippen LogP) is 4.33. The van der Waals surface area contributed by atoms with E-state index >= 15 is 0 Å². The Morgan fingerprint density at radius 2 is 2.06 bits per heavy atom. The van der Waals surface area contributed by atoms with E-state index in [4.69, 9.17) is 5.84 Å². The van der Waals surface area contributed by atoms with Crippen molar-refractivity contribution < 1.29 is 0 Å². The van der Waals surface area contributed by atoms with Crippen LogP contribution in [0, 0.1) is 6.92 Å². The first-order valence-electron chi connectivity index (χ1n) is 5.56. The van der Waals surface area contributed by atoms with E-state index in [2.05, 4.69) is 73.9 Å². The van der Waals surface area contributed by atoms with Crippen molar-refractivity contribution in [1.82, 2.24) is 5.43 Å². The average Bonchev–Trinajstić information content (AvgIpc) is 2.75. The van der Waals surface area contributed by atoms with Crippen LogP contribution in [0.15, 0.2) is 38.6 Å². The number of thiophene rings is 1. The van der Waals surface area contributed by atoms with E-state index in [9.17, 15) is 0 Å². The topological polar surface area (TPSA) is 38.0 Å². The summed E-state index contributed by atoms with van der Waals surface area (Å²) in [6.07, 6.45) is 0.885. The van der Waals surface area contributed by atoms with Crippen LogP contribution in [0.1, 0.15) is 22.0 Å². The van der Waals surface area contributed by atoms with Gasteiger partial charge in [0.2, 0.25) is 0 Å². The Hall–Kier alpha value is -0.200. The smallest absolute Gasteiger partial charge is 0.0508 e. The van der Waals surface area contributed by atoms with Crippen molar-refractivity contribution in [3.63, 3.8) is 0 Å². The second kappa shape index (κ2) is 6.30. The van der Waals surface area contributed by atoms with Crippen LogP contribution >= 0.6 is 43.2 Å². The van der Waals surface area contributed by atoms with Gasteiger partial charge in [0, 0.05) is 20.2 Å². The van der Waals surface area contributed by atoms with Crippen LogP contribution in [0.4, 0.5) is 0 Å². The first-order valence-corrected chi connectivity index (χ1v) is 8.02. The Morgan fingerprint density at radius 1 is 1.28 bits per heavy atom. The molecule has 1 aromatic heterocycles. The minimum atomic E-state index is 0.131. The summed E-state index contributed by atoms with van der Waals surface area (Å²) >= 11 is 8.82. The number of rotatable bonds is 4. The van der Waals surface area contributed by atoms with E-state index in [0.29, 0.717) is 0 Å². The van der Waals surface area contributed by atoms with Gasteiger partial charge in [-0.1, -0.05) is 28.1 Å². The molecular weight excluding hydrogens is 376 g/mol. The number of aryl methyl sites for hydroxylation is 1. The number of halogens is 2. The molecule has 1 atom stereocenters. The van der Waals surface area contributed by atoms with Gasteiger partial charge in [0.25, 0.3) is 0 Å². The molecule has 0 bridgehead atoms. The number of hydrogen-bond acceptors (Lipinski definition) is 3.